The van der Waals surface area contributed by atoms with Gasteiger partial charge in [-0.3, -0.25) is 4.90 Å². The second kappa shape index (κ2) is 5.38. The van der Waals surface area contributed by atoms with E-state index >= 15 is 0 Å². The summed E-state index contributed by atoms with van der Waals surface area (Å²) in [6.07, 6.45) is 2.72. The third-order valence-electron chi connectivity index (χ3n) is 2.79. The average Bonchev–Trinajstić information content (AvgIpc) is 2.70. The molecule has 1 fully saturated rings. The monoisotopic (exact) mass is 275 g/mol. The second-order valence-corrected chi connectivity index (χ2v) is 6.30. The molecule has 1 aliphatic rings. The zero-order valence-electron chi connectivity index (χ0n) is 11.6. The molecule has 0 aromatic carbocycles. The number of nitrogens with zero attached hydrogens (tertiary/aromatic N) is 1. The fraction of sp³-hybridized carbons (Fsp3) is 0.833. The Hall–Kier alpha value is -0.910. The second-order valence-electron chi connectivity index (χ2n) is 5.22. The molecule has 6 heteroatoms. The molecule has 0 radical (unpaired) electrons. The fourth-order valence-corrected chi connectivity index (χ4v) is 3.00. The largest absolute Gasteiger partial charge is 0.467 e. The summed E-state index contributed by atoms with van der Waals surface area (Å²) in [5, 5.41) is 0. The number of methoxy groups -OCH3 is 1. The predicted molar refractivity (Wildman–Crippen MR) is 70.4 cm³/mol. The molecule has 1 rings (SSSR count). The maximum atomic E-state index is 12.1. The zero-order chi connectivity index (χ0) is 14.0. The van der Waals surface area contributed by atoms with Gasteiger partial charge < -0.3 is 9.47 Å². The number of amides is 1. The SMILES string of the molecule is COC(=O)C1(SC)CCCN1C(=O)OC(C)(C)C. The summed E-state index contributed by atoms with van der Waals surface area (Å²) in [5.41, 5.74) is -0.570. The number of thioether (sulfide) groups is 1. The molecule has 1 heterocycles. The number of rotatable bonds is 2. The van der Waals surface area contributed by atoms with Crippen LogP contribution in [0.3, 0.4) is 0 Å². The summed E-state index contributed by atoms with van der Waals surface area (Å²) in [7, 11) is 1.34. The minimum absolute atomic E-state index is 0.390. The van der Waals surface area contributed by atoms with Gasteiger partial charge in [-0.25, -0.2) is 9.59 Å². The van der Waals surface area contributed by atoms with Gasteiger partial charge in [-0.1, -0.05) is 0 Å². The number of carbonyl (C=O) groups is 2. The van der Waals surface area contributed by atoms with Crippen LogP contribution in [0.2, 0.25) is 0 Å². The topological polar surface area (TPSA) is 55.8 Å². The van der Waals surface area contributed by atoms with Gasteiger partial charge in [0.1, 0.15) is 5.60 Å². The molecule has 18 heavy (non-hydrogen) atoms. The highest BCUT2D eigenvalue weighted by atomic mass is 32.2. The van der Waals surface area contributed by atoms with Crippen molar-refractivity contribution in [1.82, 2.24) is 4.90 Å². The van der Waals surface area contributed by atoms with Gasteiger partial charge in [0.25, 0.3) is 0 Å². The van der Waals surface area contributed by atoms with Crippen LogP contribution in [0.1, 0.15) is 33.6 Å². The van der Waals surface area contributed by atoms with Gasteiger partial charge in [0.15, 0.2) is 4.87 Å². The van der Waals surface area contributed by atoms with E-state index in [1.807, 2.05) is 0 Å². The predicted octanol–water partition coefficient (Wildman–Crippen LogP) is 2.25. The van der Waals surface area contributed by atoms with Crippen LogP contribution in [0.5, 0.6) is 0 Å². The zero-order valence-corrected chi connectivity index (χ0v) is 12.4. The standard InChI is InChI=1S/C12H21NO4S/c1-11(2,3)17-10(15)13-8-6-7-12(13,18-5)9(14)16-4/h6-8H2,1-5H3. The van der Waals surface area contributed by atoms with Crippen molar-refractivity contribution in [2.45, 2.75) is 44.1 Å². The van der Waals surface area contributed by atoms with E-state index in [1.165, 1.54) is 23.8 Å². The molecule has 1 aliphatic heterocycles. The lowest BCUT2D eigenvalue weighted by Crippen LogP contribution is -2.52. The van der Waals surface area contributed by atoms with Gasteiger partial charge in [-0.15, -0.1) is 11.8 Å². The van der Waals surface area contributed by atoms with Crippen molar-refractivity contribution in [2.24, 2.45) is 0 Å². The van der Waals surface area contributed by atoms with Gasteiger partial charge in [-0.2, -0.15) is 0 Å². The highest BCUT2D eigenvalue weighted by Crippen LogP contribution is 2.39. The molecule has 104 valence electrons. The first kappa shape index (κ1) is 15.1. The maximum absolute atomic E-state index is 12.1. The minimum Gasteiger partial charge on any atom is -0.467 e. The molecule has 1 atom stereocenters. The summed E-state index contributed by atoms with van der Waals surface area (Å²) in [6.45, 7) is 5.94. The molecule has 0 aromatic rings. The molecule has 0 spiro atoms. The molecule has 5 nitrogen and oxygen atoms in total. The van der Waals surface area contributed by atoms with Crippen molar-refractivity contribution < 1.29 is 19.1 Å². The van der Waals surface area contributed by atoms with Crippen LogP contribution >= 0.6 is 11.8 Å². The van der Waals surface area contributed by atoms with Crippen molar-refractivity contribution >= 4 is 23.8 Å². The van der Waals surface area contributed by atoms with Crippen LogP contribution in [0.4, 0.5) is 4.79 Å². The number of esters is 1. The highest BCUT2D eigenvalue weighted by molar-refractivity contribution is 8.00. The molecule has 0 aliphatic carbocycles. The summed E-state index contributed by atoms with van der Waals surface area (Å²) in [4.78, 5) is 24.6. The first-order valence-corrected chi connectivity index (χ1v) is 7.13. The lowest BCUT2D eigenvalue weighted by molar-refractivity contribution is -0.147. The van der Waals surface area contributed by atoms with E-state index in [-0.39, 0.29) is 0 Å². The lowest BCUT2D eigenvalue weighted by atomic mass is 10.2. The molecular formula is C12H21NO4S. The van der Waals surface area contributed by atoms with Crippen molar-refractivity contribution in [2.75, 3.05) is 19.9 Å². The number of hydrogen-bond donors (Lipinski definition) is 0. The summed E-state index contributed by atoms with van der Waals surface area (Å²) < 4.78 is 10.2. The van der Waals surface area contributed by atoms with Gasteiger partial charge >= 0.3 is 12.1 Å². The maximum Gasteiger partial charge on any atom is 0.411 e. The molecule has 0 aromatic heterocycles. The average molecular weight is 275 g/mol. The van der Waals surface area contributed by atoms with Crippen LogP contribution in [0.15, 0.2) is 0 Å². The van der Waals surface area contributed by atoms with E-state index in [4.69, 9.17) is 9.47 Å². The van der Waals surface area contributed by atoms with Crippen molar-refractivity contribution in [3.63, 3.8) is 0 Å². The Bertz CT molecular complexity index is 339. The Balaban J connectivity index is 2.93. The molecule has 1 amide bonds. The minimum atomic E-state index is -0.933. The molecule has 0 bridgehead atoms. The highest BCUT2D eigenvalue weighted by Gasteiger charge is 2.51. The number of likely N-dealkylation sites (tertiary alicyclic amines) is 1. The quantitative estimate of drug-likeness (QED) is 0.723. The van der Waals surface area contributed by atoms with E-state index in [1.54, 1.807) is 27.0 Å². The van der Waals surface area contributed by atoms with Crippen molar-refractivity contribution in [3.8, 4) is 0 Å². The molecular weight excluding hydrogens is 254 g/mol. The van der Waals surface area contributed by atoms with E-state index in [0.717, 1.165) is 6.42 Å². The van der Waals surface area contributed by atoms with Gasteiger partial charge in [0, 0.05) is 6.54 Å². The molecule has 0 saturated carbocycles. The van der Waals surface area contributed by atoms with Crippen molar-refractivity contribution in [3.05, 3.63) is 0 Å². The molecule has 1 saturated heterocycles. The third-order valence-corrected chi connectivity index (χ3v) is 4.06. The van der Waals surface area contributed by atoms with Crippen LogP contribution in [-0.4, -0.2) is 47.3 Å². The number of hydrogen-bond acceptors (Lipinski definition) is 5. The Morgan fingerprint density at radius 3 is 2.39 bits per heavy atom. The van der Waals surface area contributed by atoms with E-state index in [9.17, 15) is 9.59 Å². The summed E-state index contributed by atoms with van der Waals surface area (Å²) >= 11 is 1.33. The van der Waals surface area contributed by atoms with Gasteiger partial charge in [0.05, 0.1) is 7.11 Å². The summed E-state index contributed by atoms with van der Waals surface area (Å²) in [6, 6.07) is 0. The van der Waals surface area contributed by atoms with Crippen LogP contribution in [0, 0.1) is 0 Å². The Labute approximate surface area is 112 Å². The normalized spacial score (nSPS) is 23.9. The van der Waals surface area contributed by atoms with Crippen molar-refractivity contribution in [1.29, 1.82) is 0 Å². The first-order valence-electron chi connectivity index (χ1n) is 5.91. The third kappa shape index (κ3) is 2.91. The van der Waals surface area contributed by atoms with Crippen LogP contribution in [-0.2, 0) is 14.3 Å². The molecule has 0 N–H and O–H groups in total. The smallest absolute Gasteiger partial charge is 0.411 e. The number of ether oxygens (including phenoxy) is 2. The summed E-state index contributed by atoms with van der Waals surface area (Å²) in [5.74, 6) is -0.390. The van der Waals surface area contributed by atoms with Gasteiger partial charge in [0.2, 0.25) is 0 Å². The Morgan fingerprint density at radius 1 is 1.33 bits per heavy atom. The Morgan fingerprint density at radius 2 is 1.94 bits per heavy atom. The fourth-order valence-electron chi connectivity index (χ4n) is 2.02. The molecule has 1 unspecified atom stereocenters. The Kier molecular flexibility index (Phi) is 4.53. The van der Waals surface area contributed by atoms with E-state index in [2.05, 4.69) is 0 Å². The van der Waals surface area contributed by atoms with E-state index in [0.29, 0.717) is 13.0 Å². The number of carbonyl (C=O) groups excluding carboxylic acids is 2. The van der Waals surface area contributed by atoms with Gasteiger partial charge in [-0.05, 0) is 39.9 Å². The van der Waals surface area contributed by atoms with E-state index < -0.39 is 22.5 Å². The van der Waals surface area contributed by atoms with Crippen LogP contribution in [0.25, 0.3) is 0 Å². The van der Waals surface area contributed by atoms with Crippen LogP contribution < -0.4 is 0 Å². The lowest BCUT2D eigenvalue weighted by Gasteiger charge is -2.35. The first-order chi connectivity index (χ1) is 8.27.